The van der Waals surface area contributed by atoms with E-state index in [9.17, 15) is 0 Å². The number of pyridine rings is 3. The quantitative estimate of drug-likeness (QED) is 0.0425. The number of hydrogen-bond acceptors (Lipinski definition) is 16. The molecule has 0 amide bonds. The summed E-state index contributed by atoms with van der Waals surface area (Å²) in [6.45, 7) is 7.48. The van der Waals surface area contributed by atoms with Gasteiger partial charge in [0.25, 0.3) is 0 Å². The molecule has 10 heterocycles. The van der Waals surface area contributed by atoms with Crippen LogP contribution in [0.15, 0.2) is 165 Å². The van der Waals surface area contributed by atoms with E-state index >= 15 is 0 Å². The minimum Gasteiger partial charge on any atom is -0.345 e. The molecule has 0 radical (unpaired) electrons. The zero-order valence-electron chi connectivity index (χ0n) is 48.7. The Bertz CT molecular complexity index is 4250. The Morgan fingerprint density at radius 2 is 0.862 bits per heavy atom. The molecule has 1 aliphatic heterocycles. The van der Waals surface area contributed by atoms with Gasteiger partial charge in [0.1, 0.15) is 16.9 Å². The maximum Gasteiger partial charge on any atom is 0.227 e. The molecule has 87 heavy (non-hydrogen) atoms. The lowest BCUT2D eigenvalue weighted by atomic mass is 10.1. The second-order valence-corrected chi connectivity index (χ2v) is 22.4. The van der Waals surface area contributed by atoms with E-state index in [-0.39, 0.29) is 0 Å². The fourth-order valence-electron chi connectivity index (χ4n) is 10.00. The summed E-state index contributed by atoms with van der Waals surface area (Å²) < 4.78 is 0. The summed E-state index contributed by atoms with van der Waals surface area (Å²) in [5.74, 6) is 1.50. The first kappa shape index (κ1) is 59.8. The average Bonchev–Trinajstić information content (AvgIpc) is 4.54. The lowest BCUT2D eigenvalue weighted by Crippen LogP contribution is -2.45. The van der Waals surface area contributed by atoms with Crippen LogP contribution in [0, 0.1) is 0 Å². The van der Waals surface area contributed by atoms with Gasteiger partial charge in [0.05, 0.1) is 49.2 Å². The summed E-state index contributed by atoms with van der Waals surface area (Å²) in [6, 6.07) is 35.7. The van der Waals surface area contributed by atoms with E-state index in [1.54, 1.807) is 37.2 Å². The number of nitrogens with zero attached hydrogens (tertiary/aromatic N) is 12. The second-order valence-electron chi connectivity index (χ2n) is 21.2. The average molecular weight is 1220 g/mol. The summed E-state index contributed by atoms with van der Waals surface area (Å²) in [5, 5.41) is 17.9. The summed E-state index contributed by atoms with van der Waals surface area (Å²) >= 11 is 19.5. The number of rotatable bonds is 18. The number of fused-ring (bicyclic) bond motifs is 3. The van der Waals surface area contributed by atoms with E-state index in [1.807, 2.05) is 117 Å². The van der Waals surface area contributed by atoms with Gasteiger partial charge in [0.15, 0.2) is 0 Å². The van der Waals surface area contributed by atoms with Gasteiger partial charge in [0.2, 0.25) is 17.8 Å². The van der Waals surface area contributed by atoms with Crippen molar-refractivity contribution < 1.29 is 0 Å². The van der Waals surface area contributed by atoms with Crippen molar-refractivity contribution in [2.45, 2.75) is 19.3 Å². The predicted octanol–water partition coefficient (Wildman–Crippen LogP) is 12.9. The fourth-order valence-corrected chi connectivity index (χ4v) is 10.8. The maximum atomic E-state index is 6.59. The third-order valence-electron chi connectivity index (χ3n) is 14.8. The van der Waals surface area contributed by atoms with Crippen molar-refractivity contribution in [2.75, 3.05) is 90.0 Å². The number of piperazine rings is 1. The van der Waals surface area contributed by atoms with E-state index in [0.29, 0.717) is 32.9 Å². The van der Waals surface area contributed by atoms with Crippen molar-refractivity contribution >= 4 is 103 Å². The molecule has 0 aliphatic carbocycles. The van der Waals surface area contributed by atoms with Gasteiger partial charge < -0.3 is 50.9 Å². The molecule has 22 heteroatoms. The van der Waals surface area contributed by atoms with Gasteiger partial charge in [-0.2, -0.15) is 0 Å². The monoisotopic (exact) mass is 1220 g/mol. The molecule has 13 rings (SSSR count). The van der Waals surface area contributed by atoms with Crippen LogP contribution in [0.3, 0.4) is 0 Å². The normalized spacial score (nSPS) is 12.7. The molecule has 12 aromatic rings. The largest absolute Gasteiger partial charge is 0.345 e. The Kier molecular flexibility index (Phi) is 19.6. The van der Waals surface area contributed by atoms with Crippen LogP contribution in [0.2, 0.25) is 15.1 Å². The highest BCUT2D eigenvalue weighted by Crippen LogP contribution is 2.33. The Hall–Kier alpha value is -8.92. The molecule has 0 bridgehead atoms. The summed E-state index contributed by atoms with van der Waals surface area (Å²) in [7, 11) is 8.24. The molecular formula is C65H66Cl3N19. The Labute approximate surface area is 519 Å². The highest BCUT2D eigenvalue weighted by Gasteiger charge is 2.17. The number of aromatic amines is 3. The van der Waals surface area contributed by atoms with Crippen molar-refractivity contribution in [3.63, 3.8) is 0 Å². The van der Waals surface area contributed by atoms with Crippen LogP contribution in [-0.4, -0.2) is 149 Å². The number of hydrogen-bond donors (Lipinski definition) is 7. The third kappa shape index (κ3) is 15.4. The first-order valence-corrected chi connectivity index (χ1v) is 29.8. The van der Waals surface area contributed by atoms with E-state index in [2.05, 4.69) is 135 Å². The number of halogens is 3. The molecule has 3 aromatic carbocycles. The van der Waals surface area contributed by atoms with Gasteiger partial charge in [-0.3, -0.25) is 0 Å². The number of benzene rings is 3. The van der Waals surface area contributed by atoms with E-state index in [4.69, 9.17) is 34.8 Å². The molecule has 1 fully saturated rings. The Morgan fingerprint density at radius 3 is 1.24 bits per heavy atom. The number of H-pyrrole nitrogens is 3. The fraction of sp³-hybridized carbons (Fsp3) is 0.215. The first-order chi connectivity index (χ1) is 42.5. The topological polar surface area (TPSA) is 221 Å². The highest BCUT2D eigenvalue weighted by atomic mass is 35.5. The summed E-state index contributed by atoms with van der Waals surface area (Å²) in [6.07, 6.45) is 19.1. The number of nitrogens with one attached hydrogen (secondary N) is 7. The van der Waals surface area contributed by atoms with Crippen LogP contribution in [0.4, 0.5) is 34.9 Å². The molecule has 0 atom stereocenters. The van der Waals surface area contributed by atoms with Crippen LogP contribution < -0.4 is 21.3 Å². The molecule has 1 aliphatic rings. The predicted molar refractivity (Wildman–Crippen MR) is 353 cm³/mol. The summed E-state index contributed by atoms with van der Waals surface area (Å²) in [5.41, 5.74) is 13.9. The van der Waals surface area contributed by atoms with Crippen molar-refractivity contribution in [3.05, 3.63) is 197 Å². The molecule has 0 unspecified atom stereocenters. The maximum absolute atomic E-state index is 6.59. The van der Waals surface area contributed by atoms with Crippen LogP contribution >= 0.6 is 34.8 Å². The minimum atomic E-state index is 0.496. The zero-order valence-corrected chi connectivity index (χ0v) is 50.9. The number of anilines is 6. The Balaban J connectivity index is 0.000000136. The Morgan fingerprint density at radius 1 is 0.471 bits per heavy atom. The van der Waals surface area contributed by atoms with E-state index in [0.717, 1.165) is 149 Å². The first-order valence-electron chi connectivity index (χ1n) is 28.6. The molecule has 442 valence electrons. The molecule has 7 N–H and O–H groups in total. The smallest absolute Gasteiger partial charge is 0.227 e. The molecule has 1 saturated heterocycles. The van der Waals surface area contributed by atoms with E-state index < -0.39 is 0 Å². The molecule has 0 spiro atoms. The van der Waals surface area contributed by atoms with Gasteiger partial charge in [0, 0.05) is 128 Å². The molecular weight excluding hydrogens is 1150 g/mol. The molecule has 9 aromatic heterocycles. The standard InChI is InChI=1S/C24H26ClN7.C21H21ClN6.C20H19ClN6/c1-31-11-13-32(14-12-31)10-7-17-4-5-22(20(25)15-17)30-24-27-9-6-21(29-24)19-16-28-23-18(19)3-2-8-26-23;1-28(2)11-8-14-5-6-19(17(22)12-14)27-21-24-10-7-18(26-21)16-13-25-20-15(16)4-3-9-23-20;1-22-9-6-13-4-5-18(16(21)11-13)27-20-24-10-7-17(26-20)15-12-25-19-14(15)3-2-8-23-19/h2-6,8-9,15-16H,7,10-14H2,1H3,(H,26,28)(H,27,29,30);3-7,9-10,12-13H,8,11H2,1-2H3,(H,23,25)(H,24,26,27);2-5,7-8,10-12,22H,6,9H2,1H3,(H,23,25)(H,24,26,27). The van der Waals surface area contributed by atoms with Crippen LogP contribution in [0.1, 0.15) is 16.7 Å². The second kappa shape index (κ2) is 28.5. The van der Waals surface area contributed by atoms with Gasteiger partial charge in [-0.05, 0) is 162 Å². The SMILES string of the molecule is CN(C)CCc1ccc(Nc2nccc(-c3c[nH]c4ncccc34)n2)c(Cl)c1.CN1CCN(CCc2ccc(Nc3nccc(-c4c[nH]c5ncccc45)n3)c(Cl)c2)CC1.CNCCc1ccc(Nc2nccc(-c3c[nH]c4ncccc34)n2)c(Cl)c1. The van der Waals surface area contributed by atoms with Crippen LogP contribution in [0.5, 0.6) is 0 Å². The lowest BCUT2D eigenvalue weighted by molar-refractivity contribution is 0.155. The van der Waals surface area contributed by atoms with E-state index in [1.165, 1.54) is 16.7 Å². The number of aromatic nitrogens is 12. The highest BCUT2D eigenvalue weighted by molar-refractivity contribution is 6.34. The van der Waals surface area contributed by atoms with Crippen molar-refractivity contribution in [3.8, 4) is 33.8 Å². The minimum absolute atomic E-state index is 0.496. The molecule has 0 saturated carbocycles. The number of likely N-dealkylation sites (N-methyl/N-ethyl adjacent to an activating group) is 3. The third-order valence-corrected chi connectivity index (χ3v) is 15.7. The van der Waals surface area contributed by atoms with Gasteiger partial charge in [-0.25, -0.2) is 44.9 Å². The zero-order chi connectivity index (χ0) is 60.1. The molecule has 19 nitrogen and oxygen atoms in total. The van der Waals surface area contributed by atoms with Gasteiger partial charge in [-0.1, -0.05) is 53.0 Å². The van der Waals surface area contributed by atoms with Crippen LogP contribution in [0.25, 0.3) is 66.9 Å². The van der Waals surface area contributed by atoms with Crippen molar-refractivity contribution in [2.24, 2.45) is 0 Å². The van der Waals surface area contributed by atoms with Crippen molar-refractivity contribution in [1.82, 2.24) is 79.8 Å². The lowest BCUT2D eigenvalue weighted by Gasteiger charge is -2.32. The van der Waals surface area contributed by atoms with Gasteiger partial charge in [-0.15, -0.1) is 0 Å². The van der Waals surface area contributed by atoms with Gasteiger partial charge >= 0.3 is 0 Å². The van der Waals surface area contributed by atoms with Crippen molar-refractivity contribution in [1.29, 1.82) is 0 Å². The van der Waals surface area contributed by atoms with Crippen LogP contribution in [-0.2, 0) is 19.3 Å². The summed E-state index contributed by atoms with van der Waals surface area (Å²) in [4.78, 5) is 56.6.